The second kappa shape index (κ2) is 4.38. The van der Waals surface area contributed by atoms with Crippen LogP contribution < -0.4 is 5.32 Å². The molecule has 2 bridgehead atoms. The Bertz CT molecular complexity index is 392. The zero-order valence-electron chi connectivity index (χ0n) is 10.5. The van der Waals surface area contributed by atoms with Crippen LogP contribution in [0.5, 0.6) is 0 Å². The summed E-state index contributed by atoms with van der Waals surface area (Å²) in [7, 11) is 3.94. The van der Waals surface area contributed by atoms with E-state index < -0.39 is 0 Å². The maximum Gasteiger partial charge on any atom is 0.0842 e. The molecule has 0 radical (unpaired) electrons. The molecule has 5 heteroatoms. The molecule has 2 saturated heterocycles. The zero-order valence-corrected chi connectivity index (χ0v) is 10.5. The van der Waals surface area contributed by atoms with Gasteiger partial charge in [-0.1, -0.05) is 5.21 Å². The molecule has 0 aliphatic carbocycles. The summed E-state index contributed by atoms with van der Waals surface area (Å²) in [5.41, 5.74) is 1.06. The molecule has 0 aromatic carbocycles. The molecule has 2 aliphatic rings. The molecule has 1 aromatic rings. The van der Waals surface area contributed by atoms with E-state index in [2.05, 4.69) is 15.6 Å². The molecule has 2 fully saturated rings. The molecule has 5 nitrogen and oxygen atoms in total. The van der Waals surface area contributed by atoms with Crippen molar-refractivity contribution < 1.29 is 4.74 Å². The second-order valence-corrected chi connectivity index (χ2v) is 5.26. The predicted octanol–water partition coefficient (Wildman–Crippen LogP) is 0.513. The van der Waals surface area contributed by atoms with Gasteiger partial charge in [0.25, 0.3) is 0 Å². The summed E-state index contributed by atoms with van der Waals surface area (Å²) in [6, 6.07) is 0.460. The van der Waals surface area contributed by atoms with Crippen molar-refractivity contribution in [2.75, 3.05) is 7.05 Å². The summed E-state index contributed by atoms with van der Waals surface area (Å²) >= 11 is 0. The first-order valence-corrected chi connectivity index (χ1v) is 6.44. The molecule has 1 N–H and O–H groups in total. The monoisotopic (exact) mass is 236 g/mol. The van der Waals surface area contributed by atoms with Crippen LogP contribution in [0.1, 0.15) is 25.0 Å². The van der Waals surface area contributed by atoms with Crippen LogP contribution in [0.2, 0.25) is 0 Å². The lowest BCUT2D eigenvalue weighted by Crippen LogP contribution is -2.40. The van der Waals surface area contributed by atoms with Crippen LogP contribution in [0.25, 0.3) is 0 Å². The highest BCUT2D eigenvalue weighted by atomic mass is 16.5. The number of likely N-dealkylation sites (N-methyl/N-ethyl adjacent to an activating group) is 1. The van der Waals surface area contributed by atoms with Crippen LogP contribution in [0.3, 0.4) is 0 Å². The number of fused-ring (bicyclic) bond motifs is 2. The van der Waals surface area contributed by atoms with E-state index in [9.17, 15) is 0 Å². The Morgan fingerprint density at radius 1 is 1.59 bits per heavy atom. The zero-order chi connectivity index (χ0) is 11.8. The van der Waals surface area contributed by atoms with Crippen LogP contribution in [-0.2, 0) is 18.2 Å². The van der Waals surface area contributed by atoms with Crippen LogP contribution in [0, 0.1) is 5.92 Å². The minimum absolute atomic E-state index is 0.460. The summed E-state index contributed by atoms with van der Waals surface area (Å²) < 4.78 is 7.69. The van der Waals surface area contributed by atoms with Gasteiger partial charge in [-0.2, -0.15) is 0 Å². The fourth-order valence-corrected chi connectivity index (χ4v) is 3.28. The van der Waals surface area contributed by atoms with E-state index in [-0.39, 0.29) is 0 Å². The molecule has 0 spiro atoms. The van der Waals surface area contributed by atoms with Crippen LogP contribution >= 0.6 is 0 Å². The van der Waals surface area contributed by atoms with Crippen molar-refractivity contribution in [3.05, 3.63) is 11.9 Å². The number of ether oxygens (including phenoxy) is 1. The molecular formula is C12H20N4O. The molecule has 3 rings (SSSR count). The van der Waals surface area contributed by atoms with Crippen LogP contribution in [0.4, 0.5) is 0 Å². The Balaban J connectivity index is 1.67. The Labute approximate surface area is 102 Å². The SMILES string of the molecule is CNC(Cc1cn(C)nn1)C1CC2CCC1O2. The van der Waals surface area contributed by atoms with Gasteiger partial charge >= 0.3 is 0 Å². The van der Waals surface area contributed by atoms with Gasteiger partial charge in [0.15, 0.2) is 0 Å². The molecule has 4 atom stereocenters. The fourth-order valence-electron chi connectivity index (χ4n) is 3.28. The average molecular weight is 236 g/mol. The Hall–Kier alpha value is -0.940. The highest BCUT2D eigenvalue weighted by Crippen LogP contribution is 2.40. The fraction of sp³-hybridized carbons (Fsp3) is 0.833. The molecule has 17 heavy (non-hydrogen) atoms. The lowest BCUT2D eigenvalue weighted by atomic mass is 9.82. The van der Waals surface area contributed by atoms with Gasteiger partial charge in [-0.25, -0.2) is 0 Å². The predicted molar refractivity (Wildman–Crippen MR) is 63.6 cm³/mol. The van der Waals surface area contributed by atoms with Crippen LogP contribution in [0.15, 0.2) is 6.20 Å². The number of aryl methyl sites for hydroxylation is 1. The number of hydrogen-bond donors (Lipinski definition) is 1. The van der Waals surface area contributed by atoms with Gasteiger partial charge in [0.05, 0.1) is 17.9 Å². The van der Waals surface area contributed by atoms with Crippen LogP contribution in [-0.4, -0.2) is 40.3 Å². The molecule has 3 heterocycles. The van der Waals surface area contributed by atoms with Gasteiger partial charge in [-0.3, -0.25) is 4.68 Å². The summed E-state index contributed by atoms with van der Waals surface area (Å²) in [5.74, 6) is 0.640. The maximum absolute atomic E-state index is 5.93. The number of hydrogen-bond acceptors (Lipinski definition) is 4. The third-order valence-electron chi connectivity index (χ3n) is 4.12. The number of rotatable bonds is 4. The Kier molecular flexibility index (Phi) is 2.88. The largest absolute Gasteiger partial charge is 0.375 e. The molecule has 94 valence electrons. The Morgan fingerprint density at radius 2 is 2.47 bits per heavy atom. The van der Waals surface area contributed by atoms with Crippen molar-refractivity contribution in [1.82, 2.24) is 20.3 Å². The van der Waals surface area contributed by atoms with E-state index in [1.165, 1.54) is 19.3 Å². The lowest BCUT2D eigenvalue weighted by Gasteiger charge is -2.27. The highest BCUT2D eigenvalue weighted by molar-refractivity contribution is 5.02. The molecular weight excluding hydrogens is 216 g/mol. The van der Waals surface area contributed by atoms with Crippen molar-refractivity contribution >= 4 is 0 Å². The standard InChI is InChI=1S/C12H20N4O/c1-13-11(5-8-7-16(2)15-14-8)10-6-9-3-4-12(10)17-9/h7,9-13H,3-6H2,1-2H3. The normalized spacial score (nSPS) is 33.2. The summed E-state index contributed by atoms with van der Waals surface area (Å²) in [6.45, 7) is 0. The van der Waals surface area contributed by atoms with Gasteiger partial charge < -0.3 is 10.1 Å². The topological polar surface area (TPSA) is 52.0 Å². The smallest absolute Gasteiger partial charge is 0.0842 e. The molecule has 1 aromatic heterocycles. The first-order chi connectivity index (χ1) is 8.26. The van der Waals surface area contributed by atoms with E-state index >= 15 is 0 Å². The first-order valence-electron chi connectivity index (χ1n) is 6.44. The third kappa shape index (κ3) is 2.09. The minimum Gasteiger partial charge on any atom is -0.375 e. The molecule has 2 aliphatic heterocycles. The van der Waals surface area contributed by atoms with Crippen molar-refractivity contribution in [3.8, 4) is 0 Å². The van der Waals surface area contributed by atoms with Gasteiger partial charge in [-0.15, -0.1) is 5.10 Å². The third-order valence-corrected chi connectivity index (χ3v) is 4.12. The van der Waals surface area contributed by atoms with Crippen molar-refractivity contribution in [2.45, 2.75) is 43.9 Å². The van der Waals surface area contributed by atoms with Crippen molar-refractivity contribution in [3.63, 3.8) is 0 Å². The van der Waals surface area contributed by atoms with Gasteiger partial charge in [0, 0.05) is 31.6 Å². The molecule has 4 unspecified atom stereocenters. The van der Waals surface area contributed by atoms with E-state index in [0.717, 1.165) is 12.1 Å². The molecule has 0 amide bonds. The van der Waals surface area contributed by atoms with E-state index in [1.54, 1.807) is 4.68 Å². The maximum atomic E-state index is 5.93. The summed E-state index contributed by atoms with van der Waals surface area (Å²) in [6.07, 6.45) is 7.62. The van der Waals surface area contributed by atoms with Crippen molar-refractivity contribution in [2.24, 2.45) is 13.0 Å². The number of nitrogens with zero attached hydrogens (tertiary/aromatic N) is 3. The van der Waals surface area contributed by atoms with Gasteiger partial charge in [-0.05, 0) is 26.3 Å². The number of nitrogens with one attached hydrogen (secondary N) is 1. The average Bonchev–Trinajstić information content (AvgIpc) is 3.01. The second-order valence-electron chi connectivity index (χ2n) is 5.26. The first kappa shape index (κ1) is 11.2. The lowest BCUT2D eigenvalue weighted by molar-refractivity contribution is 0.0862. The highest BCUT2D eigenvalue weighted by Gasteiger charge is 2.43. The van der Waals surface area contributed by atoms with E-state index in [0.29, 0.717) is 24.2 Å². The minimum atomic E-state index is 0.460. The summed E-state index contributed by atoms with van der Waals surface area (Å²) in [5, 5.41) is 11.6. The van der Waals surface area contributed by atoms with E-state index in [4.69, 9.17) is 4.74 Å². The van der Waals surface area contributed by atoms with Gasteiger partial charge in [0.2, 0.25) is 0 Å². The Morgan fingerprint density at radius 3 is 3.00 bits per heavy atom. The van der Waals surface area contributed by atoms with Crippen molar-refractivity contribution in [1.29, 1.82) is 0 Å². The molecule has 0 saturated carbocycles. The van der Waals surface area contributed by atoms with Gasteiger partial charge in [0.1, 0.15) is 0 Å². The number of aromatic nitrogens is 3. The van der Waals surface area contributed by atoms with E-state index in [1.807, 2.05) is 20.3 Å². The quantitative estimate of drug-likeness (QED) is 0.828. The summed E-state index contributed by atoms with van der Waals surface area (Å²) in [4.78, 5) is 0.